The molecule has 0 saturated carbocycles. The van der Waals surface area contributed by atoms with E-state index < -0.39 is 0 Å². The summed E-state index contributed by atoms with van der Waals surface area (Å²) in [6, 6.07) is 7.87. The van der Waals surface area contributed by atoms with Crippen LogP contribution in [0.5, 0.6) is 0 Å². The van der Waals surface area contributed by atoms with Crippen molar-refractivity contribution >= 4 is 5.95 Å². The summed E-state index contributed by atoms with van der Waals surface area (Å²) < 4.78 is 20.3. The van der Waals surface area contributed by atoms with E-state index in [1.165, 1.54) is 12.1 Å². The number of nitrogens with one attached hydrogen (secondary N) is 1. The van der Waals surface area contributed by atoms with Crippen LogP contribution in [0.1, 0.15) is 6.92 Å². The minimum atomic E-state index is -0.304. The Morgan fingerprint density at radius 1 is 1.21 bits per heavy atom. The average molecular weight is 328 g/mol. The van der Waals surface area contributed by atoms with Gasteiger partial charge in [-0.15, -0.1) is 5.10 Å². The number of benzene rings is 1. The van der Waals surface area contributed by atoms with Crippen molar-refractivity contribution in [2.45, 2.75) is 13.7 Å². The van der Waals surface area contributed by atoms with Crippen LogP contribution in [-0.4, -0.2) is 38.6 Å². The maximum atomic E-state index is 13.2. The molecule has 0 amide bonds. The van der Waals surface area contributed by atoms with Gasteiger partial charge in [0, 0.05) is 25.4 Å². The second-order valence-corrected chi connectivity index (χ2v) is 4.93. The van der Waals surface area contributed by atoms with Gasteiger partial charge in [0.25, 0.3) is 0 Å². The van der Waals surface area contributed by atoms with Crippen LogP contribution in [0.2, 0.25) is 0 Å². The summed E-state index contributed by atoms with van der Waals surface area (Å²) in [5, 5.41) is 11.3. The topological polar surface area (TPSA) is 77.8 Å². The Bertz CT molecular complexity index is 818. The minimum absolute atomic E-state index is 0.249. The highest BCUT2D eigenvalue weighted by Crippen LogP contribution is 2.29. The van der Waals surface area contributed by atoms with Crippen LogP contribution in [0, 0.1) is 5.82 Å². The van der Waals surface area contributed by atoms with Gasteiger partial charge >= 0.3 is 0 Å². The molecule has 3 aromatic rings. The Hall–Kier alpha value is -2.87. The van der Waals surface area contributed by atoms with Gasteiger partial charge < -0.3 is 10.1 Å². The van der Waals surface area contributed by atoms with Gasteiger partial charge in [0.2, 0.25) is 5.95 Å². The highest BCUT2D eigenvalue weighted by atomic mass is 19.1. The molecule has 0 unspecified atom stereocenters. The third-order valence-electron chi connectivity index (χ3n) is 3.39. The third-order valence-corrected chi connectivity index (χ3v) is 3.39. The molecule has 0 fully saturated rings. The second-order valence-electron chi connectivity index (χ2n) is 4.93. The first-order valence-corrected chi connectivity index (χ1v) is 7.51. The van der Waals surface area contributed by atoms with E-state index in [4.69, 9.17) is 4.74 Å². The van der Waals surface area contributed by atoms with Crippen molar-refractivity contribution in [3.05, 3.63) is 42.3 Å². The molecular formula is C16H17FN6O. The highest BCUT2D eigenvalue weighted by Gasteiger charge is 2.18. The molecule has 0 bridgehead atoms. The Kier molecular flexibility index (Phi) is 4.76. The molecule has 0 saturated heterocycles. The first-order chi connectivity index (χ1) is 11.7. The average Bonchev–Trinajstić information content (AvgIpc) is 3.04. The van der Waals surface area contributed by atoms with Crippen LogP contribution >= 0.6 is 0 Å². The van der Waals surface area contributed by atoms with Gasteiger partial charge in [-0.3, -0.25) is 0 Å². The maximum Gasteiger partial charge on any atom is 0.222 e. The molecule has 0 atom stereocenters. The molecular weight excluding hydrogens is 311 g/mol. The van der Waals surface area contributed by atoms with Crippen LogP contribution in [0.25, 0.3) is 22.6 Å². The summed E-state index contributed by atoms with van der Waals surface area (Å²) in [7, 11) is 1.75. The monoisotopic (exact) mass is 328 g/mol. The predicted molar refractivity (Wildman–Crippen MR) is 87.6 cm³/mol. The van der Waals surface area contributed by atoms with Crippen molar-refractivity contribution in [2.24, 2.45) is 0 Å². The molecule has 3 rings (SSSR count). The first kappa shape index (κ1) is 16.0. The predicted octanol–water partition coefficient (Wildman–Crippen LogP) is 2.58. The lowest BCUT2D eigenvalue weighted by molar-refractivity contribution is 0.0790. The van der Waals surface area contributed by atoms with Gasteiger partial charge in [-0.25, -0.2) is 19.0 Å². The molecule has 0 aliphatic heterocycles. The van der Waals surface area contributed by atoms with Crippen LogP contribution in [0.15, 0.2) is 36.5 Å². The van der Waals surface area contributed by atoms with Crippen molar-refractivity contribution < 1.29 is 9.13 Å². The normalized spacial score (nSPS) is 10.8. The number of ether oxygens (including phenoxy) is 1. The molecule has 0 aliphatic rings. The van der Waals surface area contributed by atoms with Crippen molar-refractivity contribution in [1.29, 1.82) is 0 Å². The highest BCUT2D eigenvalue weighted by molar-refractivity contribution is 5.76. The fourth-order valence-corrected chi connectivity index (χ4v) is 2.25. The lowest BCUT2D eigenvalue weighted by atomic mass is 10.1. The van der Waals surface area contributed by atoms with E-state index >= 15 is 0 Å². The smallest absolute Gasteiger partial charge is 0.222 e. The van der Waals surface area contributed by atoms with Gasteiger partial charge in [-0.05, 0) is 37.3 Å². The number of aromatic nitrogens is 5. The molecule has 0 radical (unpaired) electrons. The zero-order valence-electron chi connectivity index (χ0n) is 13.4. The second kappa shape index (κ2) is 7.14. The third kappa shape index (κ3) is 3.23. The summed E-state index contributed by atoms with van der Waals surface area (Å²) in [6.07, 6.45) is 1.65. The van der Waals surface area contributed by atoms with Crippen molar-refractivity contribution in [2.75, 3.05) is 19.0 Å². The van der Waals surface area contributed by atoms with E-state index in [9.17, 15) is 4.39 Å². The molecule has 7 nitrogen and oxygen atoms in total. The molecule has 24 heavy (non-hydrogen) atoms. The van der Waals surface area contributed by atoms with E-state index in [1.54, 1.807) is 36.1 Å². The Morgan fingerprint density at radius 2 is 2.00 bits per heavy atom. The zero-order valence-corrected chi connectivity index (χ0v) is 13.4. The minimum Gasteiger partial charge on any atom is -0.359 e. The zero-order chi connectivity index (χ0) is 16.9. The number of halogens is 1. The Morgan fingerprint density at radius 3 is 2.71 bits per heavy atom. The molecule has 0 aliphatic carbocycles. The number of rotatable bonds is 6. The fourth-order valence-electron chi connectivity index (χ4n) is 2.25. The largest absolute Gasteiger partial charge is 0.359 e. The van der Waals surface area contributed by atoms with Crippen LogP contribution in [0.4, 0.5) is 10.3 Å². The van der Waals surface area contributed by atoms with Gasteiger partial charge in [0.1, 0.15) is 23.9 Å². The summed E-state index contributed by atoms with van der Waals surface area (Å²) >= 11 is 0. The Balaban J connectivity index is 2.12. The molecule has 1 N–H and O–H groups in total. The van der Waals surface area contributed by atoms with Crippen LogP contribution in [0.3, 0.4) is 0 Å². The lowest BCUT2D eigenvalue weighted by Crippen LogP contribution is -2.07. The number of nitrogens with zero attached hydrogens (tertiary/aromatic N) is 5. The summed E-state index contributed by atoms with van der Waals surface area (Å²) in [6.45, 7) is 2.71. The van der Waals surface area contributed by atoms with Gasteiger partial charge in [-0.2, -0.15) is 0 Å². The molecule has 2 aromatic heterocycles. The van der Waals surface area contributed by atoms with E-state index in [2.05, 4.69) is 25.6 Å². The SMILES string of the molecule is CCOCn1nnc(-c2ccc(F)cc2)c1-c1ccnc(NC)n1. The standard InChI is InChI=1S/C16H17FN6O/c1-3-24-10-23-15(13-8-9-19-16(18-2)20-13)14(21-22-23)11-4-6-12(17)7-5-11/h4-9H,3,10H2,1-2H3,(H,18,19,20). The van der Waals surface area contributed by atoms with E-state index in [0.717, 1.165) is 5.56 Å². The van der Waals surface area contributed by atoms with E-state index in [1.807, 2.05) is 6.92 Å². The van der Waals surface area contributed by atoms with Crippen molar-refractivity contribution in [3.63, 3.8) is 0 Å². The number of hydrogen-bond donors (Lipinski definition) is 1. The number of hydrogen-bond acceptors (Lipinski definition) is 6. The van der Waals surface area contributed by atoms with Gasteiger partial charge in [-0.1, -0.05) is 5.21 Å². The van der Waals surface area contributed by atoms with Crippen LogP contribution in [-0.2, 0) is 11.5 Å². The summed E-state index contributed by atoms with van der Waals surface area (Å²) in [5.41, 5.74) is 2.70. The lowest BCUT2D eigenvalue weighted by Gasteiger charge is -2.09. The van der Waals surface area contributed by atoms with Gasteiger partial charge in [0.05, 0.1) is 5.69 Å². The summed E-state index contributed by atoms with van der Waals surface area (Å²) in [4.78, 5) is 8.57. The molecule has 124 valence electrons. The first-order valence-electron chi connectivity index (χ1n) is 7.51. The molecule has 1 aromatic carbocycles. The van der Waals surface area contributed by atoms with E-state index in [0.29, 0.717) is 29.6 Å². The number of anilines is 1. The fraction of sp³-hybridized carbons (Fsp3) is 0.250. The molecule has 2 heterocycles. The van der Waals surface area contributed by atoms with Gasteiger partial charge in [0.15, 0.2) is 0 Å². The molecule has 0 spiro atoms. The van der Waals surface area contributed by atoms with Crippen molar-refractivity contribution in [3.8, 4) is 22.6 Å². The van der Waals surface area contributed by atoms with Crippen molar-refractivity contribution in [1.82, 2.24) is 25.0 Å². The van der Waals surface area contributed by atoms with Crippen LogP contribution < -0.4 is 5.32 Å². The summed E-state index contributed by atoms with van der Waals surface area (Å²) in [5.74, 6) is 0.184. The Labute approximate surface area is 138 Å². The quantitative estimate of drug-likeness (QED) is 0.749. The molecule has 8 heteroatoms. The van der Waals surface area contributed by atoms with E-state index in [-0.39, 0.29) is 12.5 Å². The maximum absolute atomic E-state index is 13.2.